The summed E-state index contributed by atoms with van der Waals surface area (Å²) in [6, 6.07) is 12.6. The summed E-state index contributed by atoms with van der Waals surface area (Å²) in [5.74, 6) is -0.543. The molecule has 0 radical (unpaired) electrons. The van der Waals surface area contributed by atoms with Crippen molar-refractivity contribution in [3.05, 3.63) is 75.7 Å². The van der Waals surface area contributed by atoms with Crippen LogP contribution in [-0.2, 0) is 17.8 Å². The second-order valence-electron chi connectivity index (χ2n) is 7.12. The number of fused-ring (bicyclic) bond motifs is 1. The summed E-state index contributed by atoms with van der Waals surface area (Å²) in [7, 11) is 0. The number of hydrogen-bond donors (Lipinski definition) is 2. The fraction of sp³-hybridized carbons (Fsp3) is 0.143. The maximum atomic E-state index is 12.0. The Labute approximate surface area is 192 Å². The molecule has 0 spiro atoms. The minimum atomic E-state index is -0.732. The lowest BCUT2D eigenvalue weighted by atomic mass is 10.1. The molecule has 5 rings (SSSR count). The summed E-state index contributed by atoms with van der Waals surface area (Å²) in [6.07, 6.45) is 2.64. The Balaban J connectivity index is 1.45. The number of ether oxygens (including phenoxy) is 1. The smallest absolute Gasteiger partial charge is 0.273 e. The van der Waals surface area contributed by atoms with Crippen LogP contribution >= 0.6 is 23.2 Å². The number of amides is 1. The van der Waals surface area contributed by atoms with E-state index >= 15 is 0 Å². The van der Waals surface area contributed by atoms with Crippen LogP contribution in [0.5, 0.6) is 0 Å². The number of halogens is 2. The van der Waals surface area contributed by atoms with E-state index in [9.17, 15) is 4.79 Å². The molecule has 9 nitrogen and oxygen atoms in total. The van der Waals surface area contributed by atoms with Gasteiger partial charge in [0.25, 0.3) is 5.91 Å². The molecule has 32 heavy (non-hydrogen) atoms. The van der Waals surface area contributed by atoms with E-state index < -0.39 is 5.91 Å². The molecular formula is C21H17Cl2N7O2. The molecule has 0 saturated heterocycles. The zero-order valence-electron chi connectivity index (χ0n) is 16.6. The first-order valence-corrected chi connectivity index (χ1v) is 10.5. The van der Waals surface area contributed by atoms with Crippen molar-refractivity contribution in [3.8, 4) is 11.4 Å². The minimum Gasteiger partial charge on any atom is -0.376 e. The quantitative estimate of drug-likeness (QED) is 0.460. The van der Waals surface area contributed by atoms with E-state index in [1.54, 1.807) is 18.2 Å². The van der Waals surface area contributed by atoms with Crippen molar-refractivity contribution in [1.82, 2.24) is 24.8 Å². The van der Waals surface area contributed by atoms with Gasteiger partial charge in [-0.25, -0.2) is 4.68 Å². The lowest BCUT2D eigenvalue weighted by Crippen LogP contribution is -2.14. The number of nitrogens with zero attached hydrogens (tertiary/aromatic N) is 5. The van der Waals surface area contributed by atoms with Gasteiger partial charge in [-0.3, -0.25) is 4.79 Å². The molecule has 3 heterocycles. The zero-order valence-corrected chi connectivity index (χ0v) is 18.1. The highest BCUT2D eigenvalue weighted by atomic mass is 35.5. The Bertz CT molecular complexity index is 1290. The van der Waals surface area contributed by atoms with Gasteiger partial charge in [0.2, 0.25) is 0 Å². The fourth-order valence-corrected chi connectivity index (χ4v) is 4.08. The third-order valence-corrected chi connectivity index (χ3v) is 5.67. The zero-order chi connectivity index (χ0) is 22.2. The molecule has 1 aliphatic heterocycles. The first-order chi connectivity index (χ1) is 15.5. The van der Waals surface area contributed by atoms with E-state index in [0.29, 0.717) is 34.6 Å². The predicted molar refractivity (Wildman–Crippen MR) is 120 cm³/mol. The molecule has 2 aromatic heterocycles. The molecule has 0 unspecified atom stereocenters. The molecular weight excluding hydrogens is 453 g/mol. The van der Waals surface area contributed by atoms with Gasteiger partial charge in [-0.05, 0) is 36.4 Å². The average molecular weight is 470 g/mol. The van der Waals surface area contributed by atoms with Crippen LogP contribution < -0.4 is 11.1 Å². The molecule has 11 heteroatoms. The summed E-state index contributed by atoms with van der Waals surface area (Å²) in [5.41, 5.74) is 9.68. The van der Waals surface area contributed by atoms with E-state index in [2.05, 4.69) is 20.6 Å². The Morgan fingerprint density at radius 3 is 2.56 bits per heavy atom. The Morgan fingerprint density at radius 1 is 1.09 bits per heavy atom. The van der Waals surface area contributed by atoms with Crippen LogP contribution in [0.25, 0.3) is 11.4 Å². The van der Waals surface area contributed by atoms with Crippen molar-refractivity contribution in [2.24, 2.45) is 5.73 Å². The highest BCUT2D eigenvalue weighted by molar-refractivity contribution is 6.37. The Hall–Kier alpha value is -3.40. The van der Waals surface area contributed by atoms with Crippen molar-refractivity contribution in [3.63, 3.8) is 0 Å². The van der Waals surface area contributed by atoms with Gasteiger partial charge < -0.3 is 15.8 Å². The topological polar surface area (TPSA) is 113 Å². The van der Waals surface area contributed by atoms with Gasteiger partial charge in [-0.1, -0.05) is 29.3 Å². The number of carbonyl (C=O) groups excluding carboxylic acids is 1. The summed E-state index contributed by atoms with van der Waals surface area (Å²) in [5, 5.41) is 16.8. The van der Waals surface area contributed by atoms with Gasteiger partial charge in [0.05, 0.1) is 40.8 Å². The van der Waals surface area contributed by atoms with E-state index in [0.717, 1.165) is 23.4 Å². The van der Waals surface area contributed by atoms with Gasteiger partial charge in [-0.15, -0.1) is 15.0 Å². The first-order valence-electron chi connectivity index (χ1n) is 9.74. The lowest BCUT2D eigenvalue weighted by Gasteiger charge is -2.15. The number of nitrogens with one attached hydrogen (secondary N) is 1. The Morgan fingerprint density at radius 2 is 1.84 bits per heavy atom. The standard InChI is InChI=1S/C21H17Cl2N7O2/c22-15-2-1-3-16(23)19(15)30-27-18(20(24)31)21(28-30)26-13-4-6-14(7-5-13)29-17-8-9-32-11-12(17)10-25-29/h1-7,10H,8-9,11H2,(H2,24,31)(H,26,28). The van der Waals surface area contributed by atoms with Gasteiger partial charge in [-0.2, -0.15) is 5.10 Å². The van der Waals surface area contributed by atoms with Crippen LogP contribution in [0.4, 0.5) is 11.5 Å². The largest absolute Gasteiger partial charge is 0.376 e. The number of hydrogen-bond acceptors (Lipinski definition) is 6. The fourth-order valence-electron chi connectivity index (χ4n) is 3.53. The van der Waals surface area contributed by atoms with Gasteiger partial charge in [0, 0.05) is 17.7 Å². The van der Waals surface area contributed by atoms with Gasteiger partial charge >= 0.3 is 0 Å². The number of nitrogens with two attached hydrogens (primary N) is 1. The highest BCUT2D eigenvalue weighted by Gasteiger charge is 2.20. The monoisotopic (exact) mass is 469 g/mol. The number of anilines is 2. The third-order valence-electron chi connectivity index (χ3n) is 5.06. The summed E-state index contributed by atoms with van der Waals surface area (Å²) in [4.78, 5) is 13.1. The van der Waals surface area contributed by atoms with Crippen LogP contribution in [0, 0.1) is 0 Å². The van der Waals surface area contributed by atoms with Crippen molar-refractivity contribution < 1.29 is 9.53 Å². The van der Waals surface area contributed by atoms with Crippen molar-refractivity contribution >= 4 is 40.6 Å². The second kappa shape index (κ2) is 8.27. The molecule has 162 valence electrons. The molecule has 0 saturated carbocycles. The first kappa shape index (κ1) is 20.5. The Kier molecular flexibility index (Phi) is 5.30. The normalized spacial score (nSPS) is 13.1. The van der Waals surface area contributed by atoms with E-state index in [1.807, 2.05) is 35.1 Å². The van der Waals surface area contributed by atoms with Crippen molar-refractivity contribution in [1.29, 1.82) is 0 Å². The molecule has 1 aliphatic rings. The summed E-state index contributed by atoms with van der Waals surface area (Å²) in [6.45, 7) is 1.26. The number of para-hydroxylation sites is 1. The molecule has 0 bridgehead atoms. The van der Waals surface area contributed by atoms with E-state index in [-0.39, 0.29) is 11.5 Å². The number of rotatable bonds is 5. The molecule has 0 atom stereocenters. The minimum absolute atomic E-state index is 0.0359. The van der Waals surface area contributed by atoms with E-state index in [4.69, 9.17) is 33.7 Å². The highest BCUT2D eigenvalue weighted by Crippen LogP contribution is 2.29. The molecule has 2 aromatic carbocycles. The van der Waals surface area contributed by atoms with Gasteiger partial charge in [0.1, 0.15) is 5.69 Å². The lowest BCUT2D eigenvalue weighted by molar-refractivity contribution is 0.0996. The maximum absolute atomic E-state index is 12.0. The average Bonchev–Trinajstić information content (AvgIpc) is 3.39. The summed E-state index contributed by atoms with van der Waals surface area (Å²) >= 11 is 12.5. The molecule has 0 aliphatic carbocycles. The number of aromatic nitrogens is 5. The van der Waals surface area contributed by atoms with Gasteiger partial charge in [0.15, 0.2) is 11.5 Å². The molecule has 3 N–H and O–H groups in total. The third kappa shape index (κ3) is 3.70. The van der Waals surface area contributed by atoms with Crippen LogP contribution in [0.1, 0.15) is 21.7 Å². The maximum Gasteiger partial charge on any atom is 0.273 e. The number of carbonyl (C=O) groups is 1. The van der Waals surface area contributed by atoms with Crippen LogP contribution in [0.15, 0.2) is 48.7 Å². The molecule has 0 fully saturated rings. The van der Waals surface area contributed by atoms with Crippen molar-refractivity contribution in [2.45, 2.75) is 13.0 Å². The number of benzene rings is 2. The van der Waals surface area contributed by atoms with E-state index in [1.165, 1.54) is 4.80 Å². The summed E-state index contributed by atoms with van der Waals surface area (Å²) < 4.78 is 7.39. The molecule has 1 amide bonds. The van der Waals surface area contributed by atoms with Crippen LogP contribution in [0.3, 0.4) is 0 Å². The predicted octanol–water partition coefficient (Wildman–Crippen LogP) is 3.68. The molecule has 4 aromatic rings. The SMILES string of the molecule is NC(=O)c1nn(-c2c(Cl)cccc2Cl)nc1Nc1ccc(-n2ncc3c2CCOC3)cc1. The number of primary amides is 1. The second-order valence-corrected chi connectivity index (χ2v) is 7.94. The van der Waals surface area contributed by atoms with Crippen LogP contribution in [0.2, 0.25) is 10.0 Å². The van der Waals surface area contributed by atoms with Crippen molar-refractivity contribution in [2.75, 3.05) is 11.9 Å². The van der Waals surface area contributed by atoms with Crippen LogP contribution in [-0.4, -0.2) is 37.3 Å².